The van der Waals surface area contributed by atoms with Gasteiger partial charge in [-0.2, -0.15) is 0 Å². The molecule has 1 aromatic heterocycles. The number of carbonyl (C=O) groups excluding carboxylic acids is 1. The summed E-state index contributed by atoms with van der Waals surface area (Å²) in [6.45, 7) is 2.73. The minimum atomic E-state index is -0.0517. The minimum Gasteiger partial charge on any atom is -0.324 e. The molecule has 1 aliphatic heterocycles. The summed E-state index contributed by atoms with van der Waals surface area (Å²) in [5, 5.41) is 3.68. The lowest BCUT2D eigenvalue weighted by molar-refractivity contribution is -0.115. The maximum Gasteiger partial charge on any atom is 0.228 e. The molecule has 2 heterocycles. The Kier molecular flexibility index (Phi) is 5.70. The highest BCUT2D eigenvalue weighted by Gasteiger charge is 2.20. The van der Waals surface area contributed by atoms with Gasteiger partial charge in [0.1, 0.15) is 0 Å². The van der Waals surface area contributed by atoms with Gasteiger partial charge in [-0.1, -0.05) is 54.1 Å². The number of hydrogen-bond donors (Lipinski definition) is 1. The maximum absolute atomic E-state index is 12.5. The number of pyridine rings is 1. The molecule has 0 saturated heterocycles. The van der Waals surface area contributed by atoms with Gasteiger partial charge in [-0.3, -0.25) is 14.7 Å². The first-order valence-corrected chi connectivity index (χ1v) is 9.81. The molecule has 5 heteroatoms. The second kappa shape index (κ2) is 8.55. The first-order valence-electron chi connectivity index (χ1n) is 9.44. The van der Waals surface area contributed by atoms with E-state index in [0.29, 0.717) is 11.4 Å². The fourth-order valence-electron chi connectivity index (χ4n) is 3.66. The summed E-state index contributed by atoms with van der Waals surface area (Å²) in [7, 11) is 0. The molecule has 4 nitrogen and oxygen atoms in total. The quantitative estimate of drug-likeness (QED) is 0.697. The van der Waals surface area contributed by atoms with Gasteiger partial charge in [-0.15, -0.1) is 0 Å². The summed E-state index contributed by atoms with van der Waals surface area (Å²) in [6, 6.07) is 17.9. The Morgan fingerprint density at radius 3 is 2.71 bits per heavy atom. The predicted octanol–water partition coefficient (Wildman–Crippen LogP) is 4.47. The molecule has 3 aromatic rings. The van der Waals surface area contributed by atoms with Crippen molar-refractivity contribution >= 4 is 23.2 Å². The maximum atomic E-state index is 12.5. The molecule has 142 valence electrons. The van der Waals surface area contributed by atoms with Crippen LogP contribution in [0.3, 0.4) is 0 Å². The summed E-state index contributed by atoms with van der Waals surface area (Å²) >= 11 is 6.01. The summed E-state index contributed by atoms with van der Waals surface area (Å²) < 4.78 is 0. The molecule has 0 fully saturated rings. The zero-order valence-corrected chi connectivity index (χ0v) is 16.3. The van der Waals surface area contributed by atoms with Gasteiger partial charge < -0.3 is 5.32 Å². The van der Waals surface area contributed by atoms with Gasteiger partial charge in [-0.05, 0) is 40.8 Å². The SMILES string of the molecule is O=C(Cc1cccc(Cl)c1)Nc1cncc2c1CCN(Cc1ccccc1)C2. The monoisotopic (exact) mass is 391 g/mol. The molecular formula is C23H22ClN3O. The van der Waals surface area contributed by atoms with Crippen molar-refractivity contribution in [1.82, 2.24) is 9.88 Å². The van der Waals surface area contributed by atoms with Crippen LogP contribution in [0.4, 0.5) is 5.69 Å². The number of carbonyl (C=O) groups is 1. The average Bonchev–Trinajstić information content (AvgIpc) is 2.69. The Bertz CT molecular complexity index is 975. The van der Waals surface area contributed by atoms with Crippen molar-refractivity contribution in [2.24, 2.45) is 0 Å². The lowest BCUT2D eigenvalue weighted by Gasteiger charge is -2.29. The number of halogens is 1. The first-order chi connectivity index (χ1) is 13.7. The number of nitrogens with one attached hydrogen (secondary N) is 1. The highest BCUT2D eigenvalue weighted by molar-refractivity contribution is 6.30. The van der Waals surface area contributed by atoms with E-state index < -0.39 is 0 Å². The molecule has 0 spiro atoms. The number of amides is 1. The van der Waals surface area contributed by atoms with Gasteiger partial charge in [0.25, 0.3) is 0 Å². The van der Waals surface area contributed by atoms with Crippen molar-refractivity contribution in [2.75, 3.05) is 11.9 Å². The van der Waals surface area contributed by atoms with E-state index >= 15 is 0 Å². The Hall–Kier alpha value is -2.69. The number of rotatable bonds is 5. The fourth-order valence-corrected chi connectivity index (χ4v) is 3.88. The summed E-state index contributed by atoms with van der Waals surface area (Å²) in [6.07, 6.45) is 4.86. The third-order valence-electron chi connectivity index (χ3n) is 5.00. The number of anilines is 1. The van der Waals surface area contributed by atoms with Crippen molar-refractivity contribution in [3.8, 4) is 0 Å². The van der Waals surface area contributed by atoms with Crippen LogP contribution in [0.25, 0.3) is 0 Å². The summed E-state index contributed by atoms with van der Waals surface area (Å²) in [5.74, 6) is -0.0517. The van der Waals surface area contributed by atoms with Crippen molar-refractivity contribution < 1.29 is 4.79 Å². The zero-order valence-electron chi connectivity index (χ0n) is 15.6. The van der Waals surface area contributed by atoms with Gasteiger partial charge >= 0.3 is 0 Å². The molecule has 4 rings (SSSR count). The molecule has 0 aliphatic carbocycles. The molecule has 0 atom stereocenters. The van der Waals surface area contributed by atoms with E-state index in [4.69, 9.17) is 11.6 Å². The molecule has 28 heavy (non-hydrogen) atoms. The van der Waals surface area contributed by atoms with Crippen LogP contribution >= 0.6 is 11.6 Å². The topological polar surface area (TPSA) is 45.2 Å². The summed E-state index contributed by atoms with van der Waals surface area (Å²) in [4.78, 5) is 19.3. The van der Waals surface area contributed by atoms with Crippen LogP contribution in [0.15, 0.2) is 67.0 Å². The number of benzene rings is 2. The van der Waals surface area contributed by atoms with Gasteiger partial charge in [0.15, 0.2) is 0 Å². The van der Waals surface area contributed by atoms with Gasteiger partial charge in [0.05, 0.1) is 18.3 Å². The highest BCUT2D eigenvalue weighted by atomic mass is 35.5. The number of nitrogens with zero attached hydrogens (tertiary/aromatic N) is 2. The van der Waals surface area contributed by atoms with Gasteiger partial charge in [0, 0.05) is 30.9 Å². The van der Waals surface area contributed by atoms with Gasteiger partial charge in [-0.25, -0.2) is 0 Å². The largest absolute Gasteiger partial charge is 0.324 e. The molecule has 2 aromatic carbocycles. The number of aromatic nitrogens is 1. The average molecular weight is 392 g/mol. The van der Waals surface area contributed by atoms with E-state index in [-0.39, 0.29) is 5.91 Å². The Labute approximate surface area is 170 Å². The van der Waals surface area contributed by atoms with Crippen LogP contribution in [0, 0.1) is 0 Å². The Balaban J connectivity index is 1.43. The molecular weight excluding hydrogens is 370 g/mol. The van der Waals surface area contributed by atoms with E-state index in [0.717, 1.165) is 37.3 Å². The number of hydrogen-bond acceptors (Lipinski definition) is 3. The standard InChI is InChI=1S/C23H22ClN3O/c24-20-8-4-7-18(11-20)12-23(28)26-22-14-25-13-19-16-27(10-9-21(19)22)15-17-5-2-1-3-6-17/h1-8,11,13-14H,9-10,12,15-16H2,(H,26,28). The summed E-state index contributed by atoms with van der Waals surface area (Å²) in [5.41, 5.74) is 5.41. The van der Waals surface area contributed by atoms with Crippen LogP contribution < -0.4 is 5.32 Å². The van der Waals surface area contributed by atoms with E-state index in [9.17, 15) is 4.79 Å². The molecule has 1 N–H and O–H groups in total. The van der Waals surface area contributed by atoms with E-state index in [2.05, 4.69) is 39.5 Å². The van der Waals surface area contributed by atoms with Crippen molar-refractivity contribution in [3.05, 3.63) is 94.3 Å². The van der Waals surface area contributed by atoms with Gasteiger partial charge in [0.2, 0.25) is 5.91 Å². The normalized spacial score (nSPS) is 13.8. The fraction of sp³-hybridized carbons (Fsp3) is 0.217. The van der Waals surface area contributed by atoms with Crippen molar-refractivity contribution in [3.63, 3.8) is 0 Å². The molecule has 1 aliphatic rings. The van der Waals surface area contributed by atoms with E-state index in [1.165, 1.54) is 16.7 Å². The van der Waals surface area contributed by atoms with Crippen molar-refractivity contribution in [1.29, 1.82) is 0 Å². The molecule has 0 radical (unpaired) electrons. The van der Waals surface area contributed by atoms with Crippen molar-refractivity contribution in [2.45, 2.75) is 25.9 Å². The van der Waals surface area contributed by atoms with E-state index in [1.54, 1.807) is 6.20 Å². The predicted molar refractivity (Wildman–Crippen MR) is 112 cm³/mol. The highest BCUT2D eigenvalue weighted by Crippen LogP contribution is 2.26. The minimum absolute atomic E-state index is 0.0517. The molecule has 1 amide bonds. The third-order valence-corrected chi connectivity index (χ3v) is 5.23. The molecule has 0 saturated carbocycles. The number of fused-ring (bicyclic) bond motifs is 1. The van der Waals surface area contributed by atoms with Crippen LogP contribution in [0.1, 0.15) is 22.3 Å². The second-order valence-corrected chi connectivity index (χ2v) is 7.56. The lowest BCUT2D eigenvalue weighted by atomic mass is 9.99. The third kappa shape index (κ3) is 4.58. The second-order valence-electron chi connectivity index (χ2n) is 7.13. The van der Waals surface area contributed by atoms with Crippen LogP contribution in [-0.2, 0) is 30.7 Å². The van der Waals surface area contributed by atoms with Crippen LogP contribution in [0.5, 0.6) is 0 Å². The Morgan fingerprint density at radius 1 is 1.07 bits per heavy atom. The first kappa shape index (κ1) is 18.7. The Morgan fingerprint density at radius 2 is 1.89 bits per heavy atom. The molecule has 0 unspecified atom stereocenters. The zero-order chi connectivity index (χ0) is 19.3. The lowest BCUT2D eigenvalue weighted by Crippen LogP contribution is -2.31. The smallest absolute Gasteiger partial charge is 0.228 e. The van der Waals surface area contributed by atoms with Crippen LogP contribution in [-0.4, -0.2) is 22.3 Å². The molecule has 0 bridgehead atoms. The van der Waals surface area contributed by atoms with Crippen LogP contribution in [0.2, 0.25) is 5.02 Å². The van der Waals surface area contributed by atoms with E-state index in [1.807, 2.05) is 36.5 Å².